The molecule has 0 saturated carbocycles. The third kappa shape index (κ3) is 4.23. The molecular weight excluding hydrogens is 491 g/mol. The first kappa shape index (κ1) is 23.6. The van der Waals surface area contributed by atoms with Gasteiger partial charge in [0.1, 0.15) is 5.75 Å². The Morgan fingerprint density at radius 1 is 1.03 bits per heavy atom. The summed E-state index contributed by atoms with van der Waals surface area (Å²) in [6.07, 6.45) is 4.49. The number of benzene rings is 2. The highest BCUT2D eigenvalue weighted by Crippen LogP contribution is 2.41. The van der Waals surface area contributed by atoms with Crippen LogP contribution in [0.4, 0.5) is 11.4 Å². The number of allylic oxidation sites excluding steroid dienone is 2. The number of hydrogen-bond acceptors (Lipinski definition) is 5. The van der Waals surface area contributed by atoms with Crippen LogP contribution < -0.4 is 14.5 Å². The number of esters is 1. The molecule has 2 heterocycles. The first-order valence-electron chi connectivity index (χ1n) is 11.4. The Bertz CT molecular complexity index is 1260. The van der Waals surface area contributed by atoms with Crippen LogP contribution >= 0.6 is 23.2 Å². The Kier molecular flexibility index (Phi) is 6.15. The second-order valence-corrected chi connectivity index (χ2v) is 9.93. The van der Waals surface area contributed by atoms with Gasteiger partial charge in [-0.25, -0.2) is 0 Å². The molecule has 2 aromatic carbocycles. The van der Waals surface area contributed by atoms with Crippen LogP contribution in [-0.2, 0) is 19.2 Å². The van der Waals surface area contributed by atoms with Gasteiger partial charge in [0.25, 0.3) is 0 Å². The van der Waals surface area contributed by atoms with E-state index in [0.29, 0.717) is 27.8 Å². The van der Waals surface area contributed by atoms with Crippen LogP contribution in [0.5, 0.6) is 5.75 Å². The molecular formula is C26H22Cl2N2O5. The molecule has 35 heavy (non-hydrogen) atoms. The minimum Gasteiger partial charge on any atom is -0.426 e. The maximum atomic E-state index is 13.0. The molecule has 0 unspecified atom stereocenters. The van der Waals surface area contributed by atoms with Gasteiger partial charge < -0.3 is 9.64 Å². The van der Waals surface area contributed by atoms with Gasteiger partial charge in [0, 0.05) is 18.0 Å². The Hall–Kier alpha value is -3.16. The summed E-state index contributed by atoms with van der Waals surface area (Å²) in [6, 6.07) is 11.1. The number of imide groups is 1. The molecule has 2 saturated heterocycles. The molecule has 0 radical (unpaired) electrons. The summed E-state index contributed by atoms with van der Waals surface area (Å²) in [7, 11) is 0. The SMILES string of the molecule is C[C@@H]1C=CC[C@@H]2C(=O)N(c3ccc(OC(=O)[C@H]4CC(=O)N(c5cc(Cl)ccc5Cl)C4)cc3)C(=O)[C@H]12. The van der Waals surface area contributed by atoms with E-state index in [1.54, 1.807) is 42.5 Å². The number of nitrogens with zero attached hydrogens (tertiary/aromatic N) is 2. The van der Waals surface area contributed by atoms with Crippen molar-refractivity contribution in [1.82, 2.24) is 0 Å². The van der Waals surface area contributed by atoms with E-state index in [9.17, 15) is 19.2 Å². The Morgan fingerprint density at radius 3 is 2.49 bits per heavy atom. The van der Waals surface area contributed by atoms with Gasteiger partial charge in [0.2, 0.25) is 17.7 Å². The van der Waals surface area contributed by atoms with E-state index in [4.69, 9.17) is 27.9 Å². The number of carbonyl (C=O) groups is 4. The highest BCUT2D eigenvalue weighted by molar-refractivity contribution is 6.36. The monoisotopic (exact) mass is 512 g/mol. The summed E-state index contributed by atoms with van der Waals surface area (Å²) >= 11 is 12.2. The van der Waals surface area contributed by atoms with Crippen LogP contribution in [0.2, 0.25) is 10.0 Å². The molecule has 7 nitrogen and oxygen atoms in total. The minimum atomic E-state index is -0.670. The van der Waals surface area contributed by atoms with Crippen LogP contribution in [0.1, 0.15) is 19.8 Å². The summed E-state index contributed by atoms with van der Waals surface area (Å²) in [5, 5.41) is 0.798. The number of hydrogen-bond donors (Lipinski definition) is 0. The standard InChI is InChI=1S/C26H22Cl2N2O5/c1-14-3-2-4-19-23(14)25(33)30(24(19)32)17-6-8-18(9-7-17)35-26(34)15-11-22(31)29(13-15)21-12-16(27)5-10-20(21)28/h2-3,5-10,12,14-15,19,23H,4,11,13H2,1H3/t14-,15+,19+,23-/m1/s1. The average Bonchev–Trinajstić information content (AvgIpc) is 3.34. The zero-order valence-corrected chi connectivity index (χ0v) is 20.3. The van der Waals surface area contributed by atoms with Crippen molar-refractivity contribution >= 4 is 58.3 Å². The quantitative estimate of drug-likeness (QED) is 0.257. The molecule has 4 atom stereocenters. The van der Waals surface area contributed by atoms with Gasteiger partial charge in [0.15, 0.2) is 0 Å². The maximum Gasteiger partial charge on any atom is 0.316 e. The smallest absolute Gasteiger partial charge is 0.316 e. The molecule has 3 amide bonds. The lowest BCUT2D eigenvalue weighted by atomic mass is 9.78. The van der Waals surface area contributed by atoms with Gasteiger partial charge in [-0.2, -0.15) is 0 Å². The second kappa shape index (κ2) is 9.13. The van der Waals surface area contributed by atoms with Crippen molar-refractivity contribution in [2.75, 3.05) is 16.3 Å². The largest absolute Gasteiger partial charge is 0.426 e. The third-order valence-electron chi connectivity index (χ3n) is 6.84. The lowest BCUT2D eigenvalue weighted by Crippen LogP contribution is -2.31. The number of ether oxygens (including phenoxy) is 1. The fourth-order valence-corrected chi connectivity index (χ4v) is 5.44. The number of fused-ring (bicyclic) bond motifs is 1. The molecule has 3 aliphatic rings. The summed E-state index contributed by atoms with van der Waals surface area (Å²) in [5.41, 5.74) is 0.896. The van der Waals surface area contributed by atoms with Gasteiger partial charge in [0.05, 0.1) is 34.2 Å². The van der Waals surface area contributed by atoms with E-state index < -0.39 is 11.9 Å². The molecule has 0 bridgehead atoms. The molecule has 2 aliphatic heterocycles. The number of carbonyl (C=O) groups excluding carboxylic acids is 4. The van der Waals surface area contributed by atoms with Crippen LogP contribution in [0.3, 0.4) is 0 Å². The number of amides is 3. The van der Waals surface area contributed by atoms with E-state index in [-0.39, 0.29) is 54.2 Å². The minimum absolute atomic E-state index is 0.00547. The predicted molar refractivity (Wildman–Crippen MR) is 131 cm³/mol. The van der Waals surface area contributed by atoms with Crippen LogP contribution in [-0.4, -0.2) is 30.2 Å². The topological polar surface area (TPSA) is 84.0 Å². The van der Waals surface area contributed by atoms with Gasteiger partial charge >= 0.3 is 5.97 Å². The lowest BCUT2D eigenvalue weighted by Gasteiger charge is -2.22. The summed E-state index contributed by atoms with van der Waals surface area (Å²) in [6.45, 7) is 2.07. The molecule has 2 aromatic rings. The predicted octanol–water partition coefficient (Wildman–Crippen LogP) is 4.65. The van der Waals surface area contributed by atoms with Crippen molar-refractivity contribution in [2.24, 2.45) is 23.7 Å². The second-order valence-electron chi connectivity index (χ2n) is 9.08. The van der Waals surface area contributed by atoms with E-state index >= 15 is 0 Å². The number of rotatable bonds is 4. The summed E-state index contributed by atoms with van der Waals surface area (Å²) in [4.78, 5) is 53.8. The molecule has 9 heteroatoms. The van der Waals surface area contributed by atoms with Crippen molar-refractivity contribution in [3.8, 4) is 5.75 Å². The van der Waals surface area contributed by atoms with Crippen molar-refractivity contribution in [3.05, 3.63) is 64.7 Å². The molecule has 5 rings (SSSR count). The Balaban J connectivity index is 1.26. The van der Waals surface area contributed by atoms with Crippen molar-refractivity contribution in [1.29, 1.82) is 0 Å². The molecule has 0 spiro atoms. The zero-order chi connectivity index (χ0) is 24.9. The van der Waals surface area contributed by atoms with Gasteiger partial charge in [-0.05, 0) is 54.8 Å². The fourth-order valence-electron chi connectivity index (χ4n) is 5.06. The van der Waals surface area contributed by atoms with E-state index in [2.05, 4.69) is 0 Å². The maximum absolute atomic E-state index is 13.0. The lowest BCUT2D eigenvalue weighted by molar-refractivity contribution is -0.139. The van der Waals surface area contributed by atoms with E-state index in [1.165, 1.54) is 9.80 Å². The average molecular weight is 513 g/mol. The summed E-state index contributed by atoms with van der Waals surface area (Å²) < 4.78 is 5.49. The molecule has 0 N–H and O–H groups in total. The fraction of sp³-hybridized carbons (Fsp3) is 0.308. The van der Waals surface area contributed by atoms with Crippen molar-refractivity contribution in [3.63, 3.8) is 0 Å². The zero-order valence-electron chi connectivity index (χ0n) is 18.8. The van der Waals surface area contributed by atoms with Crippen LogP contribution in [0.25, 0.3) is 0 Å². The van der Waals surface area contributed by atoms with Crippen LogP contribution in [0, 0.1) is 23.7 Å². The van der Waals surface area contributed by atoms with Crippen molar-refractivity contribution in [2.45, 2.75) is 19.8 Å². The van der Waals surface area contributed by atoms with Crippen LogP contribution in [0.15, 0.2) is 54.6 Å². The normalized spacial score (nSPS) is 25.9. The first-order valence-corrected chi connectivity index (χ1v) is 12.1. The summed E-state index contributed by atoms with van der Waals surface area (Å²) in [5.74, 6) is -2.29. The highest BCUT2D eigenvalue weighted by Gasteiger charge is 2.50. The van der Waals surface area contributed by atoms with Gasteiger partial charge in [-0.3, -0.25) is 24.1 Å². The molecule has 180 valence electrons. The number of halogens is 2. The number of anilines is 2. The van der Waals surface area contributed by atoms with Crippen molar-refractivity contribution < 1.29 is 23.9 Å². The molecule has 2 fully saturated rings. The molecule has 1 aliphatic carbocycles. The third-order valence-corrected chi connectivity index (χ3v) is 7.40. The van der Waals surface area contributed by atoms with Gasteiger partial charge in [-0.1, -0.05) is 42.3 Å². The van der Waals surface area contributed by atoms with Gasteiger partial charge in [-0.15, -0.1) is 0 Å². The Labute approximate surface area is 212 Å². The van der Waals surface area contributed by atoms with E-state index in [0.717, 1.165) is 0 Å². The Morgan fingerprint density at radius 2 is 1.77 bits per heavy atom. The molecule has 0 aromatic heterocycles. The highest BCUT2D eigenvalue weighted by atomic mass is 35.5. The first-order chi connectivity index (χ1) is 16.7. The van der Waals surface area contributed by atoms with E-state index in [1.807, 2.05) is 19.1 Å².